The lowest BCUT2D eigenvalue weighted by Gasteiger charge is -2.13. The SMILES string of the molecule is COc1c(CO)cc(OC(F)(F)F)nc1C. The third-order valence-electron chi connectivity index (χ3n) is 1.79. The van der Waals surface area contributed by atoms with Crippen LogP contribution in [0.5, 0.6) is 11.6 Å². The summed E-state index contributed by atoms with van der Waals surface area (Å²) >= 11 is 0. The highest BCUT2D eigenvalue weighted by atomic mass is 19.4. The van der Waals surface area contributed by atoms with Crippen LogP contribution in [0.2, 0.25) is 0 Å². The number of aryl methyl sites for hydroxylation is 1. The lowest BCUT2D eigenvalue weighted by atomic mass is 10.2. The van der Waals surface area contributed by atoms with Gasteiger partial charge in [-0.1, -0.05) is 0 Å². The number of ether oxygens (including phenoxy) is 2. The van der Waals surface area contributed by atoms with Gasteiger partial charge in [-0.2, -0.15) is 0 Å². The molecule has 90 valence electrons. The number of nitrogens with zero attached hydrogens (tertiary/aromatic N) is 1. The normalized spacial score (nSPS) is 11.4. The van der Waals surface area contributed by atoms with Crippen LogP contribution in [0.3, 0.4) is 0 Å². The Morgan fingerprint density at radius 2 is 2.06 bits per heavy atom. The summed E-state index contributed by atoms with van der Waals surface area (Å²) in [6, 6.07) is 0.985. The van der Waals surface area contributed by atoms with Gasteiger partial charge < -0.3 is 14.6 Å². The second kappa shape index (κ2) is 4.56. The molecule has 0 fully saturated rings. The van der Waals surface area contributed by atoms with Crippen LogP contribution < -0.4 is 9.47 Å². The molecule has 0 aliphatic carbocycles. The summed E-state index contributed by atoms with van der Waals surface area (Å²) in [7, 11) is 1.34. The molecular weight excluding hydrogens is 227 g/mol. The minimum absolute atomic E-state index is 0.189. The van der Waals surface area contributed by atoms with Gasteiger partial charge in [0.15, 0.2) is 0 Å². The van der Waals surface area contributed by atoms with Crippen LogP contribution >= 0.6 is 0 Å². The highest BCUT2D eigenvalue weighted by Gasteiger charge is 2.32. The first-order valence-electron chi connectivity index (χ1n) is 4.28. The summed E-state index contributed by atoms with van der Waals surface area (Å²) in [6.07, 6.45) is -4.80. The van der Waals surface area contributed by atoms with Gasteiger partial charge in [-0.3, -0.25) is 0 Å². The van der Waals surface area contributed by atoms with Crippen molar-refractivity contribution in [3.63, 3.8) is 0 Å². The summed E-state index contributed by atoms with van der Waals surface area (Å²) in [5, 5.41) is 8.95. The first-order chi connectivity index (χ1) is 7.37. The number of aliphatic hydroxyl groups excluding tert-OH is 1. The van der Waals surface area contributed by atoms with Crippen LogP contribution in [0, 0.1) is 6.92 Å². The van der Waals surface area contributed by atoms with Gasteiger partial charge in [0, 0.05) is 11.6 Å². The minimum atomic E-state index is -4.80. The van der Waals surface area contributed by atoms with Crippen LogP contribution in [-0.4, -0.2) is 23.6 Å². The molecule has 0 radical (unpaired) electrons. The van der Waals surface area contributed by atoms with Crippen molar-refractivity contribution in [3.05, 3.63) is 17.3 Å². The van der Waals surface area contributed by atoms with Crippen LogP contribution in [0.25, 0.3) is 0 Å². The number of halogens is 3. The molecule has 0 unspecified atom stereocenters. The molecular formula is C9H10F3NO3. The molecule has 1 rings (SSSR count). The second-order valence-electron chi connectivity index (χ2n) is 2.94. The zero-order valence-corrected chi connectivity index (χ0v) is 8.63. The molecule has 0 saturated carbocycles. The molecule has 0 aliphatic heterocycles. The molecule has 1 aromatic rings. The van der Waals surface area contributed by atoms with Crippen molar-refractivity contribution >= 4 is 0 Å². The van der Waals surface area contributed by atoms with Gasteiger partial charge in [0.25, 0.3) is 0 Å². The van der Waals surface area contributed by atoms with Crippen LogP contribution in [0.15, 0.2) is 6.07 Å². The number of methoxy groups -OCH3 is 1. The Bertz CT molecular complexity index is 379. The number of pyridine rings is 1. The Kier molecular flexibility index (Phi) is 3.58. The molecule has 0 atom stereocenters. The lowest BCUT2D eigenvalue weighted by Crippen LogP contribution is -2.18. The topological polar surface area (TPSA) is 51.6 Å². The van der Waals surface area contributed by atoms with Gasteiger partial charge in [0.05, 0.1) is 19.4 Å². The Morgan fingerprint density at radius 3 is 2.50 bits per heavy atom. The van der Waals surface area contributed by atoms with Crippen molar-refractivity contribution in [1.82, 2.24) is 4.98 Å². The van der Waals surface area contributed by atoms with E-state index in [1.54, 1.807) is 0 Å². The standard InChI is InChI=1S/C9H10F3NO3/c1-5-8(15-2)6(4-14)3-7(13-5)16-9(10,11)12/h3,14H,4H2,1-2H3. The van der Waals surface area contributed by atoms with Crippen molar-refractivity contribution in [2.24, 2.45) is 0 Å². The van der Waals surface area contributed by atoms with Gasteiger partial charge in [-0.05, 0) is 6.92 Å². The van der Waals surface area contributed by atoms with E-state index in [2.05, 4.69) is 9.72 Å². The molecule has 0 aromatic carbocycles. The smallest absolute Gasteiger partial charge is 0.494 e. The van der Waals surface area contributed by atoms with Crippen LogP contribution in [0.4, 0.5) is 13.2 Å². The molecule has 4 nitrogen and oxygen atoms in total. The lowest BCUT2D eigenvalue weighted by molar-refractivity contribution is -0.276. The molecule has 1 heterocycles. The van der Waals surface area contributed by atoms with E-state index in [0.717, 1.165) is 6.07 Å². The summed E-state index contributed by atoms with van der Waals surface area (Å²) in [6.45, 7) is 1.00. The third-order valence-corrected chi connectivity index (χ3v) is 1.79. The summed E-state index contributed by atoms with van der Waals surface area (Å²) in [5.41, 5.74) is 0.405. The first kappa shape index (κ1) is 12.6. The van der Waals surface area contributed by atoms with Gasteiger partial charge in [-0.15, -0.1) is 13.2 Å². The van der Waals surface area contributed by atoms with Crippen LogP contribution in [0.1, 0.15) is 11.3 Å². The highest BCUT2D eigenvalue weighted by Crippen LogP contribution is 2.28. The molecule has 1 N–H and O–H groups in total. The predicted octanol–water partition coefficient (Wildman–Crippen LogP) is 1.79. The Balaban J connectivity index is 3.10. The van der Waals surface area contributed by atoms with Gasteiger partial charge in [0.1, 0.15) is 5.75 Å². The van der Waals surface area contributed by atoms with Crippen molar-refractivity contribution in [3.8, 4) is 11.6 Å². The second-order valence-corrected chi connectivity index (χ2v) is 2.94. The van der Waals surface area contributed by atoms with E-state index < -0.39 is 18.8 Å². The Hall–Kier alpha value is -1.50. The number of aromatic nitrogens is 1. The van der Waals surface area contributed by atoms with E-state index in [-0.39, 0.29) is 17.0 Å². The molecule has 0 saturated heterocycles. The van der Waals surface area contributed by atoms with E-state index in [1.165, 1.54) is 14.0 Å². The summed E-state index contributed by atoms with van der Waals surface area (Å²) in [4.78, 5) is 3.56. The van der Waals surface area contributed by atoms with Gasteiger partial charge >= 0.3 is 6.36 Å². The molecule has 16 heavy (non-hydrogen) atoms. The Morgan fingerprint density at radius 1 is 1.44 bits per heavy atom. The number of rotatable bonds is 3. The maximum atomic E-state index is 11.9. The fourth-order valence-electron chi connectivity index (χ4n) is 1.26. The maximum Gasteiger partial charge on any atom is 0.574 e. The summed E-state index contributed by atoms with van der Waals surface area (Å²) in [5.74, 6) is -0.369. The van der Waals surface area contributed by atoms with Crippen LogP contribution in [-0.2, 0) is 6.61 Å². The predicted molar refractivity (Wildman–Crippen MR) is 48.1 cm³/mol. The molecule has 0 amide bonds. The van der Waals surface area contributed by atoms with Crippen molar-refractivity contribution in [2.75, 3.05) is 7.11 Å². The Labute approximate surface area is 89.6 Å². The largest absolute Gasteiger partial charge is 0.574 e. The molecule has 0 bridgehead atoms. The zero-order chi connectivity index (χ0) is 12.3. The summed E-state index contributed by atoms with van der Waals surface area (Å²) < 4.78 is 44.3. The van der Waals surface area contributed by atoms with Crippen molar-refractivity contribution < 1.29 is 27.8 Å². The molecule has 7 heteroatoms. The fourth-order valence-corrected chi connectivity index (χ4v) is 1.26. The third kappa shape index (κ3) is 2.99. The number of alkyl halides is 3. The molecule has 1 aromatic heterocycles. The minimum Gasteiger partial charge on any atom is -0.494 e. The van der Waals surface area contributed by atoms with Gasteiger partial charge in [-0.25, -0.2) is 4.98 Å². The van der Waals surface area contributed by atoms with E-state index in [1.807, 2.05) is 0 Å². The molecule has 0 spiro atoms. The monoisotopic (exact) mass is 237 g/mol. The number of aliphatic hydroxyl groups is 1. The zero-order valence-electron chi connectivity index (χ0n) is 8.63. The average molecular weight is 237 g/mol. The van der Waals surface area contributed by atoms with E-state index in [9.17, 15) is 13.2 Å². The van der Waals surface area contributed by atoms with Gasteiger partial charge in [0.2, 0.25) is 5.88 Å². The van der Waals surface area contributed by atoms with E-state index >= 15 is 0 Å². The quantitative estimate of drug-likeness (QED) is 0.870. The van der Waals surface area contributed by atoms with Crippen molar-refractivity contribution in [2.45, 2.75) is 19.9 Å². The number of hydrogen-bond acceptors (Lipinski definition) is 4. The maximum absolute atomic E-state index is 11.9. The first-order valence-corrected chi connectivity index (χ1v) is 4.28. The van der Waals surface area contributed by atoms with E-state index in [4.69, 9.17) is 9.84 Å². The fraction of sp³-hybridized carbons (Fsp3) is 0.444. The molecule has 0 aliphatic rings. The van der Waals surface area contributed by atoms with Crippen molar-refractivity contribution in [1.29, 1.82) is 0 Å². The highest BCUT2D eigenvalue weighted by molar-refractivity contribution is 5.39. The van der Waals surface area contributed by atoms with E-state index in [0.29, 0.717) is 0 Å². The number of hydrogen-bond donors (Lipinski definition) is 1. The average Bonchev–Trinajstić information content (AvgIpc) is 2.14.